The smallest absolute Gasteiger partial charge is 0.280 e. The molecule has 1 aliphatic rings. The summed E-state index contributed by atoms with van der Waals surface area (Å²) >= 11 is 6.02. The Morgan fingerprint density at radius 1 is 1.30 bits per heavy atom. The number of methoxy groups -OCH3 is 1. The van der Waals surface area contributed by atoms with Crippen LogP contribution < -0.4 is 14.4 Å². The van der Waals surface area contributed by atoms with E-state index in [1.54, 1.807) is 48.5 Å². The van der Waals surface area contributed by atoms with E-state index in [4.69, 9.17) is 21.1 Å². The van der Waals surface area contributed by atoms with Gasteiger partial charge in [0.05, 0.1) is 31.2 Å². The molecule has 0 saturated heterocycles. The molecule has 2 aromatic carbocycles. The van der Waals surface area contributed by atoms with Gasteiger partial charge in [0.15, 0.2) is 5.69 Å². The van der Waals surface area contributed by atoms with E-state index in [9.17, 15) is 4.79 Å². The van der Waals surface area contributed by atoms with Gasteiger partial charge in [0, 0.05) is 11.1 Å². The summed E-state index contributed by atoms with van der Waals surface area (Å²) in [5, 5.41) is 8.68. The van der Waals surface area contributed by atoms with Gasteiger partial charge in [-0.2, -0.15) is 0 Å². The number of benzene rings is 2. The van der Waals surface area contributed by atoms with Gasteiger partial charge in [0.25, 0.3) is 5.91 Å². The number of halogens is 1. The summed E-state index contributed by atoms with van der Waals surface area (Å²) in [6.45, 7) is 2.32. The molecule has 1 aliphatic heterocycles. The van der Waals surface area contributed by atoms with Crippen molar-refractivity contribution in [1.29, 1.82) is 0 Å². The van der Waals surface area contributed by atoms with Gasteiger partial charge in [0.2, 0.25) is 0 Å². The normalized spacial score (nSPS) is 15.8. The Hall–Kier alpha value is -3.06. The highest BCUT2D eigenvalue weighted by atomic mass is 35.5. The lowest BCUT2D eigenvalue weighted by atomic mass is 10.1. The average Bonchev–Trinajstić information content (AvgIpc) is 3.16. The van der Waals surface area contributed by atoms with E-state index in [2.05, 4.69) is 10.3 Å². The summed E-state index contributed by atoms with van der Waals surface area (Å²) in [6.07, 6.45) is 1.45. The highest BCUT2D eigenvalue weighted by molar-refractivity contribution is 6.30. The Labute approximate surface area is 161 Å². The third-order valence-corrected chi connectivity index (χ3v) is 4.49. The minimum atomic E-state index is -0.257. The number of fused-ring (bicyclic) bond motifs is 1. The molecule has 27 heavy (non-hydrogen) atoms. The third-order valence-electron chi connectivity index (χ3n) is 4.26. The number of amides is 1. The number of carbonyl (C=O) groups is 1. The summed E-state index contributed by atoms with van der Waals surface area (Å²) in [4.78, 5) is 14.7. The number of hydrogen-bond donors (Lipinski definition) is 0. The Bertz CT molecular complexity index is 1000. The predicted octanol–water partition coefficient (Wildman–Crippen LogP) is 3.36. The highest BCUT2D eigenvalue weighted by Gasteiger charge is 2.30. The lowest BCUT2D eigenvalue weighted by Gasteiger charge is -2.33. The summed E-state index contributed by atoms with van der Waals surface area (Å²) in [5.74, 6) is 1.02. The summed E-state index contributed by atoms with van der Waals surface area (Å²) in [5.41, 5.74) is 1.61. The standard InChI is InChI=1S/C19H17ClN4O3/c1-12-10-23(17-9-15(26-2)6-7-18(17)27-12)19(25)16-11-24(22-21-16)14-5-3-4-13(20)8-14/h3-9,11-12H,10H2,1-2H3. The lowest BCUT2D eigenvalue weighted by Crippen LogP contribution is -2.42. The minimum Gasteiger partial charge on any atom is -0.497 e. The number of ether oxygens (including phenoxy) is 2. The summed E-state index contributed by atoms with van der Waals surface area (Å²) in [6, 6.07) is 12.6. The molecule has 4 rings (SSSR count). The van der Waals surface area contributed by atoms with E-state index in [1.807, 2.05) is 19.1 Å². The second-order valence-corrected chi connectivity index (χ2v) is 6.64. The van der Waals surface area contributed by atoms with Crippen molar-refractivity contribution in [2.75, 3.05) is 18.6 Å². The monoisotopic (exact) mass is 384 g/mol. The molecule has 0 saturated carbocycles. The van der Waals surface area contributed by atoms with Crippen molar-refractivity contribution in [1.82, 2.24) is 15.0 Å². The molecule has 1 amide bonds. The summed E-state index contributed by atoms with van der Waals surface area (Å²) < 4.78 is 12.6. The van der Waals surface area contributed by atoms with Crippen molar-refractivity contribution in [3.8, 4) is 17.2 Å². The largest absolute Gasteiger partial charge is 0.497 e. The van der Waals surface area contributed by atoms with Crippen LogP contribution in [0.4, 0.5) is 5.69 Å². The van der Waals surface area contributed by atoms with Crippen LogP contribution in [0.5, 0.6) is 11.5 Å². The van der Waals surface area contributed by atoms with Crippen LogP contribution in [0.15, 0.2) is 48.7 Å². The van der Waals surface area contributed by atoms with Crippen molar-refractivity contribution >= 4 is 23.2 Å². The zero-order chi connectivity index (χ0) is 19.0. The molecule has 138 valence electrons. The first kappa shape index (κ1) is 17.4. The van der Waals surface area contributed by atoms with Crippen molar-refractivity contribution in [3.05, 3.63) is 59.4 Å². The number of nitrogens with zero attached hydrogens (tertiary/aromatic N) is 4. The highest BCUT2D eigenvalue weighted by Crippen LogP contribution is 2.37. The maximum Gasteiger partial charge on any atom is 0.280 e. The average molecular weight is 385 g/mol. The fourth-order valence-corrected chi connectivity index (χ4v) is 3.17. The Morgan fingerprint density at radius 2 is 2.15 bits per heavy atom. The summed E-state index contributed by atoms with van der Waals surface area (Å²) in [7, 11) is 1.58. The zero-order valence-corrected chi connectivity index (χ0v) is 15.6. The molecule has 0 radical (unpaired) electrons. The third kappa shape index (κ3) is 3.33. The maximum atomic E-state index is 13.1. The molecule has 3 aromatic rings. The molecule has 0 fully saturated rings. The van der Waals surface area contributed by atoms with Crippen LogP contribution in [-0.2, 0) is 0 Å². The van der Waals surface area contributed by atoms with Crippen molar-refractivity contribution in [3.63, 3.8) is 0 Å². The first-order chi connectivity index (χ1) is 13.0. The molecule has 1 atom stereocenters. The van der Waals surface area contributed by atoms with Crippen LogP contribution in [0.25, 0.3) is 5.69 Å². The second kappa shape index (κ2) is 6.92. The second-order valence-electron chi connectivity index (χ2n) is 6.21. The molecule has 0 N–H and O–H groups in total. The fourth-order valence-electron chi connectivity index (χ4n) is 2.98. The van der Waals surface area contributed by atoms with Gasteiger partial charge in [-0.15, -0.1) is 5.10 Å². The SMILES string of the molecule is COc1ccc2c(c1)N(C(=O)c1cn(-c3cccc(Cl)c3)nn1)CC(C)O2. The molecular formula is C19H17ClN4O3. The Balaban J connectivity index is 1.68. The number of aromatic nitrogens is 3. The molecule has 0 spiro atoms. The quantitative estimate of drug-likeness (QED) is 0.692. The molecule has 1 aromatic heterocycles. The molecule has 2 heterocycles. The van der Waals surface area contributed by atoms with Crippen molar-refractivity contribution in [2.24, 2.45) is 0 Å². The van der Waals surface area contributed by atoms with Crippen molar-refractivity contribution in [2.45, 2.75) is 13.0 Å². The van der Waals surface area contributed by atoms with Gasteiger partial charge in [0.1, 0.15) is 17.6 Å². The van der Waals surface area contributed by atoms with Crippen LogP contribution in [0.3, 0.4) is 0 Å². The van der Waals surface area contributed by atoms with Gasteiger partial charge in [-0.3, -0.25) is 9.69 Å². The van der Waals surface area contributed by atoms with Crippen LogP contribution in [0, 0.1) is 0 Å². The van der Waals surface area contributed by atoms with E-state index < -0.39 is 0 Å². The first-order valence-electron chi connectivity index (χ1n) is 8.40. The Morgan fingerprint density at radius 3 is 2.93 bits per heavy atom. The topological polar surface area (TPSA) is 69.5 Å². The molecule has 1 unspecified atom stereocenters. The first-order valence-corrected chi connectivity index (χ1v) is 8.78. The minimum absolute atomic E-state index is 0.141. The molecule has 0 bridgehead atoms. The van der Waals surface area contributed by atoms with E-state index >= 15 is 0 Å². The van der Waals surface area contributed by atoms with Gasteiger partial charge in [-0.25, -0.2) is 4.68 Å². The Kier molecular flexibility index (Phi) is 4.45. The van der Waals surface area contributed by atoms with Crippen LogP contribution in [0.2, 0.25) is 5.02 Å². The number of carbonyl (C=O) groups excluding carboxylic acids is 1. The molecule has 0 aliphatic carbocycles. The lowest BCUT2D eigenvalue weighted by molar-refractivity contribution is 0.0956. The number of hydrogen-bond acceptors (Lipinski definition) is 5. The van der Waals surface area contributed by atoms with E-state index in [-0.39, 0.29) is 17.7 Å². The molecule has 7 nitrogen and oxygen atoms in total. The van der Waals surface area contributed by atoms with Crippen LogP contribution >= 0.6 is 11.6 Å². The predicted molar refractivity (Wildman–Crippen MR) is 101 cm³/mol. The van der Waals surface area contributed by atoms with Gasteiger partial charge < -0.3 is 9.47 Å². The van der Waals surface area contributed by atoms with Gasteiger partial charge >= 0.3 is 0 Å². The molecular weight excluding hydrogens is 368 g/mol. The number of anilines is 1. The van der Waals surface area contributed by atoms with Crippen LogP contribution in [0.1, 0.15) is 17.4 Å². The zero-order valence-electron chi connectivity index (χ0n) is 14.8. The van der Waals surface area contributed by atoms with Crippen LogP contribution in [-0.4, -0.2) is 40.7 Å². The van der Waals surface area contributed by atoms with Crippen molar-refractivity contribution < 1.29 is 14.3 Å². The van der Waals surface area contributed by atoms with E-state index in [0.717, 1.165) is 5.69 Å². The van der Waals surface area contributed by atoms with E-state index in [0.29, 0.717) is 28.8 Å². The van der Waals surface area contributed by atoms with E-state index in [1.165, 1.54) is 4.68 Å². The number of rotatable bonds is 3. The van der Waals surface area contributed by atoms with Gasteiger partial charge in [-0.05, 0) is 37.3 Å². The maximum absolute atomic E-state index is 13.1. The molecule has 8 heteroatoms. The fraction of sp³-hybridized carbons (Fsp3) is 0.211. The van der Waals surface area contributed by atoms with Gasteiger partial charge in [-0.1, -0.05) is 22.9 Å².